The van der Waals surface area contributed by atoms with Crippen molar-refractivity contribution in [1.29, 1.82) is 0 Å². The minimum absolute atomic E-state index is 0.0156. The Hall–Kier alpha value is -1.84. The van der Waals surface area contributed by atoms with E-state index in [1.54, 1.807) is 0 Å². The molecule has 0 spiro atoms. The van der Waals surface area contributed by atoms with Crippen LogP contribution in [0, 0.1) is 11.8 Å². The highest BCUT2D eigenvalue weighted by atomic mass is 16.4. The van der Waals surface area contributed by atoms with Gasteiger partial charge in [0.1, 0.15) is 12.4 Å². The first kappa shape index (κ1) is 11.0. The van der Waals surface area contributed by atoms with Crippen LogP contribution in [-0.4, -0.2) is 20.6 Å². The molecular weight excluding hydrogens is 240 g/mol. The van der Waals surface area contributed by atoms with E-state index in [1.165, 1.54) is 19.3 Å². The lowest BCUT2D eigenvalue weighted by molar-refractivity contribution is -0.137. The van der Waals surface area contributed by atoms with Crippen molar-refractivity contribution < 1.29 is 9.90 Å². The molecule has 98 valence electrons. The van der Waals surface area contributed by atoms with Crippen molar-refractivity contribution in [3.8, 4) is 0 Å². The molecule has 19 heavy (non-hydrogen) atoms. The van der Waals surface area contributed by atoms with Gasteiger partial charge in [0.15, 0.2) is 0 Å². The SMILES string of the molecule is O=C(O)Cn1c(C2CC3CC3C2)nc2ccccc21. The highest BCUT2D eigenvalue weighted by molar-refractivity contribution is 5.78. The lowest BCUT2D eigenvalue weighted by atomic mass is 10.0. The first-order chi connectivity index (χ1) is 9.22. The van der Waals surface area contributed by atoms with Crippen LogP contribution in [0.4, 0.5) is 0 Å². The summed E-state index contributed by atoms with van der Waals surface area (Å²) in [5, 5.41) is 9.12. The number of benzene rings is 1. The van der Waals surface area contributed by atoms with E-state index in [4.69, 9.17) is 10.1 Å². The van der Waals surface area contributed by atoms with Gasteiger partial charge in [-0.15, -0.1) is 0 Å². The van der Waals surface area contributed by atoms with Crippen LogP contribution in [0.5, 0.6) is 0 Å². The summed E-state index contributed by atoms with van der Waals surface area (Å²) < 4.78 is 1.90. The smallest absolute Gasteiger partial charge is 0.323 e. The van der Waals surface area contributed by atoms with Gasteiger partial charge in [-0.1, -0.05) is 12.1 Å². The van der Waals surface area contributed by atoms with Crippen molar-refractivity contribution in [2.75, 3.05) is 0 Å². The number of para-hydroxylation sites is 2. The van der Waals surface area contributed by atoms with Gasteiger partial charge in [-0.05, 0) is 43.2 Å². The second-order valence-corrected chi connectivity index (χ2v) is 5.86. The summed E-state index contributed by atoms with van der Waals surface area (Å²) in [5.74, 6) is 2.39. The molecule has 1 aromatic heterocycles. The Kier molecular flexibility index (Phi) is 2.22. The van der Waals surface area contributed by atoms with E-state index in [9.17, 15) is 4.79 Å². The van der Waals surface area contributed by atoms with E-state index in [1.807, 2.05) is 28.8 Å². The molecule has 4 heteroatoms. The predicted molar refractivity (Wildman–Crippen MR) is 70.9 cm³/mol. The van der Waals surface area contributed by atoms with Crippen LogP contribution in [-0.2, 0) is 11.3 Å². The summed E-state index contributed by atoms with van der Waals surface area (Å²) in [6.45, 7) is 0.0156. The van der Waals surface area contributed by atoms with Gasteiger partial charge in [0.25, 0.3) is 0 Å². The van der Waals surface area contributed by atoms with E-state index in [0.717, 1.165) is 28.7 Å². The summed E-state index contributed by atoms with van der Waals surface area (Å²) in [6, 6.07) is 7.83. The first-order valence-corrected chi connectivity index (χ1v) is 6.89. The van der Waals surface area contributed by atoms with Crippen LogP contribution < -0.4 is 0 Å². The standard InChI is InChI=1S/C15H16N2O2/c18-14(19)8-17-13-4-2-1-3-12(13)16-15(17)11-6-9-5-10(9)7-11/h1-4,9-11H,5-8H2,(H,18,19). The molecule has 2 unspecified atom stereocenters. The Balaban J connectivity index is 1.81. The number of aliphatic carboxylic acids is 1. The molecule has 1 heterocycles. The first-order valence-electron chi connectivity index (χ1n) is 6.89. The molecule has 0 radical (unpaired) electrons. The average Bonchev–Trinajstić information content (AvgIpc) is 2.84. The molecule has 4 rings (SSSR count). The van der Waals surface area contributed by atoms with Crippen LogP contribution in [0.15, 0.2) is 24.3 Å². The number of hydrogen-bond acceptors (Lipinski definition) is 2. The molecule has 2 aliphatic carbocycles. The average molecular weight is 256 g/mol. The molecule has 0 aliphatic heterocycles. The monoisotopic (exact) mass is 256 g/mol. The Labute approximate surface area is 111 Å². The van der Waals surface area contributed by atoms with E-state index in [2.05, 4.69) is 0 Å². The zero-order chi connectivity index (χ0) is 13.0. The second-order valence-electron chi connectivity index (χ2n) is 5.86. The summed E-state index contributed by atoms with van der Waals surface area (Å²) in [4.78, 5) is 15.8. The number of carboxylic acids is 1. The lowest BCUT2D eigenvalue weighted by Crippen LogP contribution is -2.14. The lowest BCUT2D eigenvalue weighted by Gasteiger charge is -2.13. The largest absolute Gasteiger partial charge is 0.480 e. The number of rotatable bonds is 3. The summed E-state index contributed by atoms with van der Waals surface area (Å²) in [7, 11) is 0. The molecule has 2 saturated carbocycles. The van der Waals surface area contributed by atoms with Crippen molar-refractivity contribution in [3.05, 3.63) is 30.1 Å². The number of hydrogen-bond donors (Lipinski definition) is 1. The molecule has 0 bridgehead atoms. The van der Waals surface area contributed by atoms with Gasteiger partial charge in [0.05, 0.1) is 11.0 Å². The molecule has 0 amide bonds. The number of fused-ring (bicyclic) bond motifs is 2. The van der Waals surface area contributed by atoms with E-state index >= 15 is 0 Å². The quantitative estimate of drug-likeness (QED) is 0.918. The Bertz CT molecular complexity index is 651. The van der Waals surface area contributed by atoms with Crippen molar-refractivity contribution >= 4 is 17.0 Å². The van der Waals surface area contributed by atoms with E-state index in [-0.39, 0.29) is 6.54 Å². The van der Waals surface area contributed by atoms with Crippen molar-refractivity contribution in [3.63, 3.8) is 0 Å². The van der Waals surface area contributed by atoms with E-state index in [0.29, 0.717) is 5.92 Å². The Morgan fingerprint density at radius 1 is 1.26 bits per heavy atom. The fourth-order valence-corrected chi connectivity index (χ4v) is 3.63. The fraction of sp³-hybridized carbons (Fsp3) is 0.467. The third-order valence-corrected chi connectivity index (χ3v) is 4.59. The minimum atomic E-state index is -0.799. The van der Waals surface area contributed by atoms with Crippen LogP contribution in [0.1, 0.15) is 31.0 Å². The fourth-order valence-electron chi connectivity index (χ4n) is 3.63. The molecule has 0 saturated heterocycles. The molecule has 4 nitrogen and oxygen atoms in total. The Morgan fingerprint density at radius 2 is 2.00 bits per heavy atom. The zero-order valence-electron chi connectivity index (χ0n) is 10.6. The number of nitrogens with zero attached hydrogens (tertiary/aromatic N) is 2. The summed E-state index contributed by atoms with van der Waals surface area (Å²) >= 11 is 0. The molecule has 2 atom stereocenters. The minimum Gasteiger partial charge on any atom is -0.480 e. The molecule has 2 aromatic rings. The van der Waals surface area contributed by atoms with Gasteiger partial charge < -0.3 is 9.67 Å². The van der Waals surface area contributed by atoms with E-state index < -0.39 is 5.97 Å². The molecule has 1 aromatic carbocycles. The maximum Gasteiger partial charge on any atom is 0.323 e. The van der Waals surface area contributed by atoms with Crippen LogP contribution >= 0.6 is 0 Å². The van der Waals surface area contributed by atoms with Gasteiger partial charge in [-0.2, -0.15) is 0 Å². The molecule has 1 N–H and O–H groups in total. The third kappa shape index (κ3) is 1.74. The Morgan fingerprint density at radius 3 is 2.74 bits per heavy atom. The summed E-state index contributed by atoms with van der Waals surface area (Å²) in [6.07, 6.45) is 3.75. The molecule has 2 aliphatic rings. The highest BCUT2D eigenvalue weighted by Gasteiger charge is 2.47. The number of carbonyl (C=O) groups is 1. The van der Waals surface area contributed by atoms with Crippen molar-refractivity contribution in [2.24, 2.45) is 11.8 Å². The van der Waals surface area contributed by atoms with Gasteiger partial charge in [-0.25, -0.2) is 4.98 Å². The van der Waals surface area contributed by atoms with Crippen molar-refractivity contribution in [2.45, 2.75) is 31.7 Å². The number of carboxylic acid groups (broad SMARTS) is 1. The van der Waals surface area contributed by atoms with Gasteiger partial charge in [-0.3, -0.25) is 4.79 Å². The summed E-state index contributed by atoms with van der Waals surface area (Å²) in [5.41, 5.74) is 1.86. The maximum atomic E-state index is 11.1. The maximum absolute atomic E-state index is 11.1. The molecular formula is C15H16N2O2. The third-order valence-electron chi connectivity index (χ3n) is 4.59. The van der Waals surface area contributed by atoms with Gasteiger partial charge >= 0.3 is 5.97 Å². The van der Waals surface area contributed by atoms with Crippen molar-refractivity contribution in [1.82, 2.24) is 9.55 Å². The molecule has 2 fully saturated rings. The van der Waals surface area contributed by atoms with Crippen LogP contribution in [0.3, 0.4) is 0 Å². The zero-order valence-corrected chi connectivity index (χ0v) is 10.6. The van der Waals surface area contributed by atoms with Gasteiger partial charge in [0, 0.05) is 5.92 Å². The topological polar surface area (TPSA) is 55.1 Å². The second kappa shape index (κ2) is 3.83. The predicted octanol–water partition coefficient (Wildman–Crippen LogP) is 2.63. The highest BCUT2D eigenvalue weighted by Crippen LogP contribution is 2.57. The van der Waals surface area contributed by atoms with Crippen LogP contribution in [0.25, 0.3) is 11.0 Å². The number of imidazole rings is 1. The number of aromatic nitrogens is 2. The van der Waals surface area contributed by atoms with Gasteiger partial charge in [0.2, 0.25) is 0 Å². The van der Waals surface area contributed by atoms with Crippen LogP contribution in [0.2, 0.25) is 0 Å². The normalized spacial score (nSPS) is 28.5.